The number of fused-ring (bicyclic) bond motifs is 1. The molecule has 2 aromatic carbocycles. The molecule has 1 N–H and O–H groups in total. The van der Waals surface area contributed by atoms with Crippen molar-refractivity contribution in [3.63, 3.8) is 0 Å². The molecule has 2 aromatic rings. The Kier molecular flexibility index (Phi) is 12.7. The van der Waals surface area contributed by atoms with Crippen LogP contribution in [0.2, 0.25) is 0 Å². The van der Waals surface area contributed by atoms with Crippen molar-refractivity contribution >= 4 is 63.1 Å². The smallest absolute Gasteiger partial charge is 0.178 e. The topological polar surface area (TPSA) is 15.3 Å². The highest BCUT2D eigenvalue weighted by Gasteiger charge is 2.32. The molecule has 1 heterocycles. The number of hydrogen-bond acceptors (Lipinski definition) is 2. The van der Waals surface area contributed by atoms with Crippen molar-refractivity contribution in [2.24, 2.45) is 5.92 Å². The molecule has 0 saturated carbocycles. The Bertz CT molecular complexity index is 932. The molecule has 2 unspecified atom stereocenters. The minimum absolute atomic E-state index is 0.367. The molecule has 35 heavy (non-hydrogen) atoms. The van der Waals surface area contributed by atoms with Crippen LogP contribution in [-0.4, -0.2) is 10.5 Å². The molecule has 2 nitrogen and oxygen atoms in total. The van der Waals surface area contributed by atoms with Crippen LogP contribution in [0.25, 0.3) is 0 Å². The summed E-state index contributed by atoms with van der Waals surface area (Å²) >= 11 is 10.4. The quantitative estimate of drug-likeness (QED) is 0.128. The van der Waals surface area contributed by atoms with Crippen LogP contribution in [0.3, 0.4) is 0 Å². The number of thioether (sulfide) groups is 1. The molecular weight excluding hydrogens is 579 g/mol. The first-order chi connectivity index (χ1) is 17.1. The molecule has 1 aliphatic heterocycles. The third-order valence-electron chi connectivity index (χ3n) is 7.22. The Morgan fingerprint density at radius 2 is 1.71 bits per heavy atom. The highest BCUT2D eigenvalue weighted by Crippen LogP contribution is 2.45. The highest BCUT2D eigenvalue weighted by molar-refractivity contribution is 14.1. The summed E-state index contributed by atoms with van der Waals surface area (Å²) in [6.07, 6.45) is 15.9. The second kappa shape index (κ2) is 15.5. The molecule has 0 aliphatic carbocycles. The lowest BCUT2D eigenvalue weighted by Crippen LogP contribution is -2.39. The van der Waals surface area contributed by atoms with Crippen molar-refractivity contribution in [1.29, 1.82) is 0 Å². The first-order valence-corrected chi connectivity index (χ1v) is 16.1. The van der Waals surface area contributed by atoms with Gasteiger partial charge in [-0.1, -0.05) is 115 Å². The molecule has 0 bridgehead atoms. The second-order valence-corrected chi connectivity index (χ2v) is 12.5. The Morgan fingerprint density at radius 1 is 0.971 bits per heavy atom. The molecule has 5 heteroatoms. The molecule has 0 amide bonds. The highest BCUT2D eigenvalue weighted by atomic mass is 127. The van der Waals surface area contributed by atoms with Crippen molar-refractivity contribution < 1.29 is 0 Å². The molecule has 1 aliphatic rings. The van der Waals surface area contributed by atoms with Crippen LogP contribution in [0, 0.1) is 9.49 Å². The van der Waals surface area contributed by atoms with Crippen LogP contribution in [0.15, 0.2) is 47.4 Å². The van der Waals surface area contributed by atoms with Gasteiger partial charge in [0, 0.05) is 14.2 Å². The van der Waals surface area contributed by atoms with Gasteiger partial charge in [-0.15, -0.1) is 0 Å². The molecule has 0 aromatic heterocycles. The minimum Gasteiger partial charge on any atom is -0.332 e. The van der Waals surface area contributed by atoms with Crippen LogP contribution in [0.5, 0.6) is 0 Å². The normalized spacial score (nSPS) is 15.8. The van der Waals surface area contributed by atoms with Gasteiger partial charge < -0.3 is 10.2 Å². The van der Waals surface area contributed by atoms with E-state index in [0.717, 1.165) is 23.1 Å². The molecular formula is C30H43IN2S2. The van der Waals surface area contributed by atoms with Crippen LogP contribution in [0.1, 0.15) is 97.0 Å². The van der Waals surface area contributed by atoms with Crippen molar-refractivity contribution in [2.75, 3.05) is 10.2 Å². The van der Waals surface area contributed by atoms with E-state index in [0.29, 0.717) is 5.37 Å². The van der Waals surface area contributed by atoms with E-state index in [-0.39, 0.29) is 0 Å². The van der Waals surface area contributed by atoms with Crippen LogP contribution in [0.4, 0.5) is 11.4 Å². The third kappa shape index (κ3) is 8.36. The van der Waals surface area contributed by atoms with Crippen LogP contribution >= 0.6 is 46.6 Å². The largest absolute Gasteiger partial charge is 0.332 e. The van der Waals surface area contributed by atoms with Crippen molar-refractivity contribution in [3.05, 3.63) is 51.6 Å². The summed E-state index contributed by atoms with van der Waals surface area (Å²) in [7, 11) is 0. The summed E-state index contributed by atoms with van der Waals surface area (Å²) in [5.41, 5.74) is 3.73. The summed E-state index contributed by atoms with van der Waals surface area (Å²) < 4.78 is 1.29. The fraction of sp³-hybridized carbons (Fsp3) is 0.567. The Balaban J connectivity index is 1.58. The van der Waals surface area contributed by atoms with Gasteiger partial charge in [0.2, 0.25) is 0 Å². The number of hydrogen-bond donors (Lipinski definition) is 1. The molecule has 192 valence electrons. The number of anilines is 2. The lowest BCUT2D eigenvalue weighted by molar-refractivity contribution is 0.396. The standard InChI is InChI=1S/C30H43IN2S2/c1-4-7-8-9-10-11-16-23(5-2)17-14-22-29-33(27-20-12-13-21-28(27)35-29)30(34)32-26-19-15-18-25(31)24(26)6-3/h12-13,15,18-21,23,29H,4-11,14,16-17,22H2,1-3H3,(H,32,34). The average Bonchev–Trinajstić information content (AvgIpc) is 3.23. The zero-order valence-corrected chi connectivity index (χ0v) is 25.6. The number of unbranched alkanes of at least 4 members (excludes halogenated alkanes) is 5. The molecule has 0 saturated heterocycles. The first-order valence-electron chi connectivity index (χ1n) is 13.7. The Labute approximate surface area is 237 Å². The van der Waals surface area contributed by atoms with E-state index in [1.54, 1.807) is 0 Å². The van der Waals surface area contributed by atoms with E-state index in [1.165, 1.54) is 90.3 Å². The van der Waals surface area contributed by atoms with Gasteiger partial charge in [-0.05, 0) is 83.4 Å². The fourth-order valence-corrected chi connectivity index (χ4v) is 7.72. The number of nitrogens with zero attached hydrogens (tertiary/aromatic N) is 1. The van der Waals surface area contributed by atoms with Crippen molar-refractivity contribution in [2.45, 2.75) is 108 Å². The maximum absolute atomic E-state index is 6.02. The van der Waals surface area contributed by atoms with Gasteiger partial charge in [-0.25, -0.2) is 0 Å². The zero-order chi connectivity index (χ0) is 25.0. The molecule has 0 spiro atoms. The van der Waals surface area contributed by atoms with Gasteiger partial charge in [0.1, 0.15) is 0 Å². The summed E-state index contributed by atoms with van der Waals surface area (Å²) in [5, 5.41) is 4.80. The summed E-state index contributed by atoms with van der Waals surface area (Å²) in [5.74, 6) is 0.868. The van der Waals surface area contributed by atoms with E-state index in [9.17, 15) is 0 Å². The molecule has 3 rings (SSSR count). The zero-order valence-electron chi connectivity index (χ0n) is 21.8. The number of halogens is 1. The van der Waals surface area contributed by atoms with Gasteiger partial charge in [-0.3, -0.25) is 0 Å². The maximum atomic E-state index is 6.02. The molecule has 0 radical (unpaired) electrons. The fourth-order valence-electron chi connectivity index (χ4n) is 5.10. The lowest BCUT2D eigenvalue weighted by atomic mass is 9.92. The van der Waals surface area contributed by atoms with Crippen LogP contribution in [-0.2, 0) is 6.42 Å². The maximum Gasteiger partial charge on any atom is 0.178 e. The SMILES string of the molecule is CCCCCCCCC(CC)CCCC1Sc2ccccc2N1C(=S)Nc1cccc(I)c1CC. The number of rotatable bonds is 14. The minimum atomic E-state index is 0.367. The summed E-state index contributed by atoms with van der Waals surface area (Å²) in [6.45, 7) is 6.88. The number of thiocarbonyl (C=S) groups is 1. The van der Waals surface area contributed by atoms with Crippen LogP contribution < -0.4 is 10.2 Å². The second-order valence-electron chi connectivity index (χ2n) is 9.72. The van der Waals surface area contributed by atoms with Gasteiger partial charge in [0.05, 0.1) is 11.1 Å². The van der Waals surface area contributed by atoms with Crippen molar-refractivity contribution in [1.82, 2.24) is 0 Å². The van der Waals surface area contributed by atoms with E-state index >= 15 is 0 Å². The lowest BCUT2D eigenvalue weighted by Gasteiger charge is -2.28. The van der Waals surface area contributed by atoms with E-state index in [4.69, 9.17) is 12.2 Å². The molecule has 2 atom stereocenters. The predicted octanol–water partition coefficient (Wildman–Crippen LogP) is 10.4. The van der Waals surface area contributed by atoms with Gasteiger partial charge in [0.25, 0.3) is 0 Å². The first kappa shape index (κ1) is 28.8. The Morgan fingerprint density at radius 3 is 2.49 bits per heavy atom. The third-order valence-corrected chi connectivity index (χ3v) is 9.84. The average molecular weight is 623 g/mol. The summed E-state index contributed by atoms with van der Waals surface area (Å²) in [4.78, 5) is 3.72. The van der Waals surface area contributed by atoms with Gasteiger partial charge >= 0.3 is 0 Å². The van der Waals surface area contributed by atoms with Crippen molar-refractivity contribution in [3.8, 4) is 0 Å². The van der Waals surface area contributed by atoms with Gasteiger partial charge in [0.15, 0.2) is 5.11 Å². The monoisotopic (exact) mass is 622 g/mol. The number of nitrogens with one attached hydrogen (secondary N) is 1. The van der Waals surface area contributed by atoms with E-state index in [1.807, 2.05) is 11.8 Å². The number of benzene rings is 2. The Hall–Kier alpha value is -0.790. The predicted molar refractivity (Wildman–Crippen MR) is 169 cm³/mol. The number of para-hydroxylation sites is 1. The summed E-state index contributed by atoms with van der Waals surface area (Å²) in [6, 6.07) is 15.2. The van der Waals surface area contributed by atoms with E-state index in [2.05, 4.69) is 96.0 Å². The molecule has 0 fully saturated rings. The van der Waals surface area contributed by atoms with E-state index < -0.39 is 0 Å². The van der Waals surface area contributed by atoms with Gasteiger partial charge in [-0.2, -0.15) is 0 Å².